The Balaban J connectivity index is 1.67. The number of benzene rings is 1. The number of carbonyl (C=O) groups is 2. The molecule has 2 N–H and O–H groups in total. The van der Waals surface area contributed by atoms with E-state index in [0.29, 0.717) is 22.9 Å². The van der Waals surface area contributed by atoms with Crippen molar-refractivity contribution in [2.75, 3.05) is 17.7 Å². The lowest BCUT2D eigenvalue weighted by Crippen LogP contribution is -2.29. The minimum atomic E-state index is -0.802. The number of rotatable bonds is 4. The van der Waals surface area contributed by atoms with Gasteiger partial charge in [-0.15, -0.1) is 0 Å². The van der Waals surface area contributed by atoms with Crippen molar-refractivity contribution in [2.45, 2.75) is 6.92 Å². The molecule has 3 rings (SSSR count). The van der Waals surface area contributed by atoms with Crippen LogP contribution < -0.4 is 15.4 Å². The van der Waals surface area contributed by atoms with Crippen molar-refractivity contribution >= 4 is 23.2 Å². The fraction of sp³-hybridized carbons (Fsp3) is 0.111. The standard InChI is InChI=1S/C18H17N5O3/c1-12-15(11-20-23(12)14-6-4-3-5-7-14)22-18(25)17(24)21-13-8-9-16(26-2)19-10-13/h3-11H,1-2H3,(H,21,24)(H,22,25). The molecule has 1 aromatic carbocycles. The van der Waals surface area contributed by atoms with Gasteiger partial charge in [-0.1, -0.05) is 18.2 Å². The lowest BCUT2D eigenvalue weighted by atomic mass is 10.3. The van der Waals surface area contributed by atoms with Gasteiger partial charge in [0, 0.05) is 6.07 Å². The number of aromatic nitrogens is 3. The molecular formula is C18H17N5O3. The molecule has 0 fully saturated rings. The molecular weight excluding hydrogens is 334 g/mol. The smallest absolute Gasteiger partial charge is 0.314 e. The first kappa shape index (κ1) is 17.2. The Morgan fingerprint density at radius 1 is 1.00 bits per heavy atom. The molecule has 0 aliphatic heterocycles. The predicted octanol–water partition coefficient (Wildman–Crippen LogP) is 2.16. The fourth-order valence-corrected chi connectivity index (χ4v) is 2.30. The van der Waals surface area contributed by atoms with Crippen LogP contribution in [0.1, 0.15) is 5.69 Å². The van der Waals surface area contributed by atoms with Crippen molar-refractivity contribution in [2.24, 2.45) is 0 Å². The van der Waals surface area contributed by atoms with Gasteiger partial charge in [0.05, 0.1) is 42.3 Å². The normalized spacial score (nSPS) is 10.2. The zero-order valence-electron chi connectivity index (χ0n) is 14.3. The van der Waals surface area contributed by atoms with E-state index < -0.39 is 11.8 Å². The van der Waals surface area contributed by atoms with Crippen LogP contribution in [-0.4, -0.2) is 33.7 Å². The summed E-state index contributed by atoms with van der Waals surface area (Å²) >= 11 is 0. The third kappa shape index (κ3) is 3.69. The lowest BCUT2D eigenvalue weighted by molar-refractivity contribution is -0.133. The van der Waals surface area contributed by atoms with Gasteiger partial charge < -0.3 is 15.4 Å². The minimum Gasteiger partial charge on any atom is -0.481 e. The number of anilines is 2. The first-order valence-electron chi connectivity index (χ1n) is 7.81. The second-order valence-electron chi connectivity index (χ2n) is 5.39. The Morgan fingerprint density at radius 2 is 1.73 bits per heavy atom. The minimum absolute atomic E-state index is 0.391. The Morgan fingerprint density at radius 3 is 2.38 bits per heavy atom. The zero-order chi connectivity index (χ0) is 18.5. The highest BCUT2D eigenvalue weighted by molar-refractivity contribution is 6.43. The van der Waals surface area contributed by atoms with E-state index in [-0.39, 0.29) is 0 Å². The molecule has 0 saturated carbocycles. The SMILES string of the molecule is COc1ccc(NC(=O)C(=O)Nc2cnn(-c3ccccc3)c2C)cn1. The average Bonchev–Trinajstić information content (AvgIpc) is 3.03. The number of ether oxygens (including phenoxy) is 1. The van der Waals surface area contributed by atoms with Gasteiger partial charge in [-0.25, -0.2) is 9.67 Å². The summed E-state index contributed by atoms with van der Waals surface area (Å²) < 4.78 is 6.62. The summed E-state index contributed by atoms with van der Waals surface area (Å²) in [7, 11) is 1.49. The molecule has 0 radical (unpaired) electrons. The van der Waals surface area contributed by atoms with E-state index in [1.807, 2.05) is 30.3 Å². The number of hydrogen-bond donors (Lipinski definition) is 2. The number of hydrogen-bond acceptors (Lipinski definition) is 5. The largest absolute Gasteiger partial charge is 0.481 e. The van der Waals surface area contributed by atoms with Crippen LogP contribution in [0.2, 0.25) is 0 Å². The predicted molar refractivity (Wildman–Crippen MR) is 96.3 cm³/mol. The van der Waals surface area contributed by atoms with Crippen molar-refractivity contribution in [1.29, 1.82) is 0 Å². The molecule has 26 heavy (non-hydrogen) atoms. The maximum atomic E-state index is 12.1. The number of para-hydroxylation sites is 1. The molecule has 0 atom stereocenters. The first-order chi connectivity index (χ1) is 12.6. The van der Waals surface area contributed by atoms with E-state index in [4.69, 9.17) is 4.74 Å². The Labute approximate surface area is 149 Å². The maximum Gasteiger partial charge on any atom is 0.314 e. The quantitative estimate of drug-likeness (QED) is 0.702. The molecule has 0 unspecified atom stereocenters. The van der Waals surface area contributed by atoms with Crippen LogP contribution in [-0.2, 0) is 9.59 Å². The Kier molecular flexibility index (Phi) is 4.93. The van der Waals surface area contributed by atoms with Gasteiger partial charge in [-0.05, 0) is 25.1 Å². The van der Waals surface area contributed by atoms with Crippen molar-refractivity contribution in [3.05, 3.63) is 60.6 Å². The highest BCUT2D eigenvalue weighted by atomic mass is 16.5. The summed E-state index contributed by atoms with van der Waals surface area (Å²) in [5, 5.41) is 9.29. The van der Waals surface area contributed by atoms with E-state index in [1.54, 1.807) is 23.7 Å². The van der Waals surface area contributed by atoms with E-state index in [1.165, 1.54) is 19.5 Å². The fourth-order valence-electron chi connectivity index (χ4n) is 2.30. The van der Waals surface area contributed by atoms with Crippen molar-refractivity contribution in [1.82, 2.24) is 14.8 Å². The molecule has 8 nitrogen and oxygen atoms in total. The van der Waals surface area contributed by atoms with Crippen LogP contribution in [0.5, 0.6) is 5.88 Å². The van der Waals surface area contributed by atoms with E-state index in [9.17, 15) is 9.59 Å². The summed E-state index contributed by atoms with van der Waals surface area (Å²) in [6, 6.07) is 12.7. The Bertz CT molecular complexity index is 920. The van der Waals surface area contributed by atoms with Gasteiger partial charge in [0.2, 0.25) is 5.88 Å². The third-order valence-electron chi connectivity index (χ3n) is 3.67. The summed E-state index contributed by atoms with van der Waals surface area (Å²) in [5.74, 6) is -1.18. The van der Waals surface area contributed by atoms with Crippen LogP contribution in [0.25, 0.3) is 5.69 Å². The zero-order valence-corrected chi connectivity index (χ0v) is 14.3. The van der Waals surface area contributed by atoms with E-state index >= 15 is 0 Å². The van der Waals surface area contributed by atoms with Gasteiger partial charge >= 0.3 is 11.8 Å². The summed E-state index contributed by atoms with van der Waals surface area (Å²) in [5.41, 5.74) is 2.42. The molecule has 2 aromatic heterocycles. The molecule has 2 amide bonds. The van der Waals surface area contributed by atoms with Gasteiger partial charge in [-0.2, -0.15) is 5.10 Å². The summed E-state index contributed by atoms with van der Waals surface area (Å²) in [4.78, 5) is 28.1. The first-order valence-corrected chi connectivity index (χ1v) is 7.81. The molecule has 8 heteroatoms. The monoisotopic (exact) mass is 351 g/mol. The number of carbonyl (C=O) groups excluding carboxylic acids is 2. The second-order valence-corrected chi connectivity index (χ2v) is 5.39. The van der Waals surface area contributed by atoms with Crippen LogP contribution in [0.15, 0.2) is 54.9 Å². The van der Waals surface area contributed by atoms with Crippen molar-refractivity contribution in [3.63, 3.8) is 0 Å². The van der Waals surface area contributed by atoms with Crippen LogP contribution >= 0.6 is 0 Å². The highest BCUT2D eigenvalue weighted by Crippen LogP contribution is 2.18. The molecule has 2 heterocycles. The van der Waals surface area contributed by atoms with Crippen molar-refractivity contribution in [3.8, 4) is 11.6 Å². The van der Waals surface area contributed by atoms with Gasteiger partial charge in [0.1, 0.15) is 0 Å². The third-order valence-corrected chi connectivity index (χ3v) is 3.67. The average molecular weight is 351 g/mol. The van der Waals surface area contributed by atoms with Gasteiger partial charge in [-0.3, -0.25) is 9.59 Å². The number of nitrogens with one attached hydrogen (secondary N) is 2. The maximum absolute atomic E-state index is 12.1. The topological polar surface area (TPSA) is 98.1 Å². The molecule has 0 saturated heterocycles. The number of pyridine rings is 1. The number of nitrogens with zero attached hydrogens (tertiary/aromatic N) is 3. The van der Waals surface area contributed by atoms with Crippen LogP contribution in [0.3, 0.4) is 0 Å². The summed E-state index contributed by atoms with van der Waals surface area (Å²) in [6.45, 7) is 1.81. The van der Waals surface area contributed by atoms with E-state index in [2.05, 4.69) is 20.7 Å². The highest BCUT2D eigenvalue weighted by Gasteiger charge is 2.17. The van der Waals surface area contributed by atoms with E-state index in [0.717, 1.165) is 5.69 Å². The number of amides is 2. The van der Waals surface area contributed by atoms with Gasteiger partial charge in [0.15, 0.2) is 0 Å². The van der Waals surface area contributed by atoms with Crippen LogP contribution in [0.4, 0.5) is 11.4 Å². The molecule has 3 aromatic rings. The summed E-state index contributed by atoms with van der Waals surface area (Å²) in [6.07, 6.45) is 2.91. The van der Waals surface area contributed by atoms with Gasteiger partial charge in [0.25, 0.3) is 0 Å². The lowest BCUT2D eigenvalue weighted by Gasteiger charge is -2.07. The molecule has 0 aliphatic rings. The second kappa shape index (κ2) is 7.47. The molecule has 0 bridgehead atoms. The molecule has 0 aliphatic carbocycles. The van der Waals surface area contributed by atoms with Crippen LogP contribution in [0, 0.1) is 6.92 Å². The molecule has 132 valence electrons. The Hall–Kier alpha value is -3.68. The number of methoxy groups -OCH3 is 1. The molecule has 0 spiro atoms. The van der Waals surface area contributed by atoms with Crippen molar-refractivity contribution < 1.29 is 14.3 Å².